The van der Waals surface area contributed by atoms with Gasteiger partial charge in [0.1, 0.15) is 0 Å². The number of aromatic nitrogens is 2. The molecule has 0 aliphatic heterocycles. The summed E-state index contributed by atoms with van der Waals surface area (Å²) < 4.78 is 0. The van der Waals surface area contributed by atoms with Crippen LogP contribution in [-0.2, 0) is 0 Å². The topological polar surface area (TPSA) is 31.6 Å². The van der Waals surface area contributed by atoms with E-state index in [9.17, 15) is 0 Å². The van der Waals surface area contributed by atoms with Crippen molar-refractivity contribution in [2.45, 2.75) is 27.7 Å². The molecule has 0 saturated heterocycles. The van der Waals surface area contributed by atoms with E-state index in [-0.39, 0.29) is 0 Å². The molecule has 2 aromatic heterocycles. The Morgan fingerprint density at radius 3 is 1.07 bits per heavy atom. The van der Waals surface area contributed by atoms with Crippen LogP contribution >= 0.6 is 0 Å². The van der Waals surface area contributed by atoms with Gasteiger partial charge in [0.05, 0.1) is 11.4 Å². The Kier molecular flexibility index (Phi) is 7.86. The minimum atomic E-state index is 1.14. The van der Waals surface area contributed by atoms with Crippen molar-refractivity contribution in [3.8, 4) is 67.0 Å². The average Bonchev–Trinajstić information content (AvgIpc) is 3.71. The first-order chi connectivity index (χ1) is 22.8. The predicted octanol–water partition coefficient (Wildman–Crippen LogP) is 13.0. The number of rotatable bonds is 2. The molecule has 2 heterocycles. The molecule has 2 N–H and O–H groups in total. The molecule has 0 bridgehead atoms. The van der Waals surface area contributed by atoms with Crippen molar-refractivity contribution in [2.24, 2.45) is 0 Å². The van der Waals surface area contributed by atoms with Crippen molar-refractivity contribution >= 4 is 21.8 Å². The molecule has 0 atom stereocenters. The number of fused-ring (bicyclic) bond motifs is 12. The molecule has 8 aromatic rings. The van der Waals surface area contributed by atoms with Crippen LogP contribution in [0, 0.1) is 0 Å². The summed E-state index contributed by atoms with van der Waals surface area (Å²) in [6, 6.07) is 52.6. The highest BCUT2D eigenvalue weighted by atomic mass is 14.8. The van der Waals surface area contributed by atoms with Crippen LogP contribution in [0.5, 0.6) is 0 Å². The van der Waals surface area contributed by atoms with Crippen molar-refractivity contribution in [2.75, 3.05) is 0 Å². The zero-order valence-electron chi connectivity index (χ0n) is 26.9. The lowest BCUT2D eigenvalue weighted by Crippen LogP contribution is -1.95. The summed E-state index contributed by atoms with van der Waals surface area (Å²) in [4.78, 5) is 7.68. The van der Waals surface area contributed by atoms with Crippen molar-refractivity contribution in [3.63, 3.8) is 0 Å². The molecule has 46 heavy (non-hydrogen) atoms. The molecule has 0 saturated carbocycles. The van der Waals surface area contributed by atoms with Crippen LogP contribution in [0.3, 0.4) is 0 Å². The third-order valence-corrected chi connectivity index (χ3v) is 8.74. The molecule has 0 radical (unpaired) electrons. The quantitative estimate of drug-likeness (QED) is 0.199. The first-order valence-electron chi connectivity index (χ1n) is 16.5. The summed E-state index contributed by atoms with van der Waals surface area (Å²) in [5.74, 6) is 0. The van der Waals surface area contributed by atoms with Crippen LogP contribution in [0.4, 0.5) is 0 Å². The molecule has 0 unspecified atom stereocenters. The highest BCUT2D eigenvalue weighted by molar-refractivity contribution is 6.16. The molecule has 224 valence electrons. The number of hydrogen-bond acceptors (Lipinski definition) is 0. The first-order valence-corrected chi connectivity index (χ1v) is 16.5. The monoisotopic (exact) mass is 594 g/mol. The first kappa shape index (κ1) is 29.1. The van der Waals surface area contributed by atoms with Crippen LogP contribution in [0.25, 0.3) is 88.8 Å². The van der Waals surface area contributed by atoms with Crippen molar-refractivity contribution < 1.29 is 0 Å². The van der Waals surface area contributed by atoms with E-state index in [1.807, 2.05) is 27.7 Å². The van der Waals surface area contributed by atoms with Gasteiger partial charge in [-0.3, -0.25) is 0 Å². The van der Waals surface area contributed by atoms with Gasteiger partial charge in [0.15, 0.2) is 0 Å². The minimum absolute atomic E-state index is 1.14. The van der Waals surface area contributed by atoms with Gasteiger partial charge in [-0.05, 0) is 57.6 Å². The Morgan fingerprint density at radius 1 is 0.326 bits per heavy atom. The predicted molar refractivity (Wildman–Crippen MR) is 199 cm³/mol. The maximum Gasteiger partial charge on any atom is 0.0551 e. The van der Waals surface area contributed by atoms with Crippen molar-refractivity contribution in [3.05, 3.63) is 146 Å². The summed E-state index contributed by atoms with van der Waals surface area (Å²) in [7, 11) is 0. The molecule has 2 nitrogen and oxygen atoms in total. The van der Waals surface area contributed by atoms with Gasteiger partial charge in [-0.2, -0.15) is 0 Å². The van der Waals surface area contributed by atoms with Gasteiger partial charge >= 0.3 is 0 Å². The fourth-order valence-electron chi connectivity index (χ4n) is 6.81. The minimum Gasteiger partial charge on any atom is -0.354 e. The Labute approximate surface area is 271 Å². The Balaban J connectivity index is 0.000000815. The summed E-state index contributed by atoms with van der Waals surface area (Å²) in [6.45, 7) is 8.00. The van der Waals surface area contributed by atoms with Crippen LogP contribution in [0.15, 0.2) is 146 Å². The van der Waals surface area contributed by atoms with Gasteiger partial charge in [-0.1, -0.05) is 149 Å². The molecule has 0 spiro atoms. The number of nitrogens with one attached hydrogen (secondary N) is 2. The number of H-pyrrole nitrogens is 2. The molecule has 1 aliphatic carbocycles. The van der Waals surface area contributed by atoms with Gasteiger partial charge in [0.2, 0.25) is 0 Å². The van der Waals surface area contributed by atoms with E-state index in [0.717, 1.165) is 22.4 Å². The molecule has 9 rings (SSSR count). The maximum atomic E-state index is 3.84. The second-order valence-corrected chi connectivity index (χ2v) is 11.1. The summed E-state index contributed by atoms with van der Waals surface area (Å²) >= 11 is 0. The van der Waals surface area contributed by atoms with Crippen LogP contribution in [0.2, 0.25) is 0 Å². The second-order valence-electron chi connectivity index (χ2n) is 11.1. The van der Waals surface area contributed by atoms with Crippen LogP contribution < -0.4 is 0 Å². The van der Waals surface area contributed by atoms with Gasteiger partial charge in [0.25, 0.3) is 0 Å². The maximum absolute atomic E-state index is 3.84. The summed E-state index contributed by atoms with van der Waals surface area (Å²) in [6.07, 6.45) is 0. The molecule has 2 heteroatoms. The number of aromatic amines is 2. The van der Waals surface area contributed by atoms with Gasteiger partial charge in [-0.25, -0.2) is 0 Å². The van der Waals surface area contributed by atoms with Crippen molar-refractivity contribution in [1.29, 1.82) is 0 Å². The van der Waals surface area contributed by atoms with Gasteiger partial charge < -0.3 is 9.97 Å². The van der Waals surface area contributed by atoms with E-state index >= 15 is 0 Å². The van der Waals surface area contributed by atoms with Crippen LogP contribution in [0.1, 0.15) is 27.7 Å². The summed E-state index contributed by atoms with van der Waals surface area (Å²) in [5.41, 5.74) is 16.9. The SMILES string of the molecule is CC.CC.c1ccc(-c2ccc3[nH]c4c(c3c2)-c2ccccc2-c2c([nH]c3ccc(-c5ccccc5)cc23)-c2ccccc2-4)cc1. The normalized spacial score (nSPS) is 11.0. The molecular weight excluding hydrogens is 556 g/mol. The van der Waals surface area contributed by atoms with E-state index in [1.54, 1.807) is 0 Å². The Hall–Kier alpha value is -5.60. The lowest BCUT2D eigenvalue weighted by atomic mass is 9.84. The van der Waals surface area contributed by atoms with E-state index in [1.165, 1.54) is 66.4 Å². The third-order valence-electron chi connectivity index (χ3n) is 8.74. The molecular formula is C44H38N2. The number of benzene rings is 6. The fourth-order valence-corrected chi connectivity index (χ4v) is 6.81. The fraction of sp³-hybridized carbons (Fsp3) is 0.0909. The molecule has 0 amide bonds. The summed E-state index contributed by atoms with van der Waals surface area (Å²) in [5, 5.41) is 2.48. The van der Waals surface area contributed by atoms with Gasteiger partial charge in [-0.15, -0.1) is 0 Å². The van der Waals surface area contributed by atoms with E-state index in [4.69, 9.17) is 0 Å². The highest BCUT2D eigenvalue weighted by Crippen LogP contribution is 2.52. The van der Waals surface area contributed by atoms with Crippen molar-refractivity contribution in [1.82, 2.24) is 9.97 Å². The Morgan fingerprint density at radius 2 is 0.674 bits per heavy atom. The molecule has 1 aliphatic rings. The third kappa shape index (κ3) is 4.74. The van der Waals surface area contributed by atoms with E-state index in [0.29, 0.717) is 0 Å². The standard InChI is InChI=1S/C40H26N2.2C2H6/c1-3-11-25(12-4-1)27-19-21-35-33(23-27)37-29-15-7-8-16-30(29)38-34-24-28(26-13-5-2-6-14-26)20-22-36(34)42-40(38)32-18-10-9-17-31(32)39(37)41-35;2*1-2/h1-24,41-42H;2*1-2H3. The zero-order valence-corrected chi connectivity index (χ0v) is 26.9. The Bertz CT molecular complexity index is 2120. The lowest BCUT2D eigenvalue weighted by Gasteiger charge is -2.19. The average molecular weight is 595 g/mol. The zero-order chi connectivity index (χ0) is 31.6. The largest absolute Gasteiger partial charge is 0.354 e. The highest BCUT2D eigenvalue weighted by Gasteiger charge is 2.27. The second kappa shape index (κ2) is 12.4. The van der Waals surface area contributed by atoms with Gasteiger partial charge in [0, 0.05) is 44.1 Å². The molecule has 0 fully saturated rings. The molecule has 6 aromatic carbocycles. The van der Waals surface area contributed by atoms with E-state index < -0.39 is 0 Å². The number of hydrogen-bond donors (Lipinski definition) is 2. The lowest BCUT2D eigenvalue weighted by molar-refractivity contribution is 1.41. The smallest absolute Gasteiger partial charge is 0.0551 e. The van der Waals surface area contributed by atoms with E-state index in [2.05, 4.69) is 156 Å². The van der Waals surface area contributed by atoms with Crippen LogP contribution in [-0.4, -0.2) is 9.97 Å².